The minimum atomic E-state index is -0.696. The SMILES string of the molecule is CCOc1ccccc1/C=C(/NC(=O)c1ccccc1)C(=O)Nc1cccc(SC(C(=O)Nc2ccc([N+](=O)[O-])cc2)c2ccccc2)c1. The van der Waals surface area contributed by atoms with E-state index in [1.54, 1.807) is 66.7 Å². The summed E-state index contributed by atoms with van der Waals surface area (Å²) in [5, 5.41) is 18.8. The number of rotatable bonds is 13. The van der Waals surface area contributed by atoms with E-state index in [1.165, 1.54) is 36.0 Å². The number of anilines is 2. The first-order valence-electron chi connectivity index (χ1n) is 15.3. The topological polar surface area (TPSA) is 140 Å². The van der Waals surface area contributed by atoms with Gasteiger partial charge in [0.2, 0.25) is 5.91 Å². The molecule has 1 atom stereocenters. The average Bonchev–Trinajstić information content (AvgIpc) is 3.12. The molecule has 0 saturated carbocycles. The zero-order chi connectivity index (χ0) is 34.6. The molecule has 49 heavy (non-hydrogen) atoms. The second kappa shape index (κ2) is 16.6. The number of hydrogen-bond donors (Lipinski definition) is 3. The Labute approximate surface area is 287 Å². The first kappa shape index (κ1) is 34.1. The van der Waals surface area contributed by atoms with Crippen molar-refractivity contribution in [3.05, 3.63) is 166 Å². The van der Waals surface area contributed by atoms with Crippen molar-refractivity contribution in [2.45, 2.75) is 17.1 Å². The highest BCUT2D eigenvalue weighted by Gasteiger charge is 2.23. The van der Waals surface area contributed by atoms with Crippen LogP contribution < -0.4 is 20.7 Å². The molecule has 0 spiro atoms. The van der Waals surface area contributed by atoms with Crippen LogP contribution in [0.25, 0.3) is 6.08 Å². The molecule has 1 unspecified atom stereocenters. The van der Waals surface area contributed by atoms with Crippen molar-refractivity contribution in [1.82, 2.24) is 5.32 Å². The van der Waals surface area contributed by atoms with Crippen molar-refractivity contribution in [2.75, 3.05) is 17.2 Å². The molecule has 0 radical (unpaired) electrons. The molecular weight excluding hydrogens is 641 g/mol. The predicted molar refractivity (Wildman–Crippen MR) is 191 cm³/mol. The molecule has 3 amide bonds. The Kier molecular flexibility index (Phi) is 11.5. The monoisotopic (exact) mass is 672 g/mol. The Morgan fingerprint density at radius 1 is 0.796 bits per heavy atom. The third-order valence-corrected chi connectivity index (χ3v) is 8.33. The Morgan fingerprint density at radius 3 is 2.16 bits per heavy atom. The van der Waals surface area contributed by atoms with Gasteiger partial charge in [-0.1, -0.05) is 72.8 Å². The maximum Gasteiger partial charge on any atom is 0.272 e. The van der Waals surface area contributed by atoms with Gasteiger partial charge in [-0.25, -0.2) is 0 Å². The number of benzene rings is 5. The van der Waals surface area contributed by atoms with Gasteiger partial charge in [-0.3, -0.25) is 24.5 Å². The smallest absolute Gasteiger partial charge is 0.272 e. The van der Waals surface area contributed by atoms with Crippen molar-refractivity contribution in [1.29, 1.82) is 0 Å². The molecule has 0 aliphatic carbocycles. The van der Waals surface area contributed by atoms with Gasteiger partial charge in [0.25, 0.3) is 17.5 Å². The second-order valence-corrected chi connectivity index (χ2v) is 11.7. The van der Waals surface area contributed by atoms with Gasteiger partial charge in [0.1, 0.15) is 16.7 Å². The van der Waals surface area contributed by atoms with E-state index in [9.17, 15) is 24.5 Å². The van der Waals surface area contributed by atoms with E-state index in [-0.39, 0.29) is 17.3 Å². The van der Waals surface area contributed by atoms with Gasteiger partial charge in [0, 0.05) is 39.5 Å². The molecule has 11 heteroatoms. The molecule has 0 saturated heterocycles. The molecular formula is C38H32N4O6S. The third kappa shape index (κ3) is 9.43. The summed E-state index contributed by atoms with van der Waals surface area (Å²) in [7, 11) is 0. The van der Waals surface area contributed by atoms with E-state index in [2.05, 4.69) is 16.0 Å². The van der Waals surface area contributed by atoms with Crippen LogP contribution in [0.4, 0.5) is 17.1 Å². The molecule has 0 bridgehead atoms. The molecule has 0 aliphatic heterocycles. The van der Waals surface area contributed by atoms with Crippen LogP contribution in [0.3, 0.4) is 0 Å². The Balaban J connectivity index is 1.39. The van der Waals surface area contributed by atoms with Gasteiger partial charge in [-0.05, 0) is 67.1 Å². The number of carbonyl (C=O) groups is 3. The summed E-state index contributed by atoms with van der Waals surface area (Å²) in [6.07, 6.45) is 1.56. The first-order chi connectivity index (χ1) is 23.8. The van der Waals surface area contributed by atoms with E-state index in [0.29, 0.717) is 39.8 Å². The van der Waals surface area contributed by atoms with Gasteiger partial charge in [0.15, 0.2) is 0 Å². The largest absolute Gasteiger partial charge is 0.493 e. The van der Waals surface area contributed by atoms with E-state index in [4.69, 9.17) is 4.74 Å². The lowest BCUT2D eigenvalue weighted by Crippen LogP contribution is -2.30. The normalized spacial score (nSPS) is 11.6. The average molecular weight is 673 g/mol. The van der Waals surface area contributed by atoms with Crippen molar-refractivity contribution in [3.63, 3.8) is 0 Å². The quantitative estimate of drug-likeness (QED) is 0.0500. The predicted octanol–water partition coefficient (Wildman–Crippen LogP) is 7.88. The summed E-state index contributed by atoms with van der Waals surface area (Å²) in [5.74, 6) is -0.791. The van der Waals surface area contributed by atoms with Crippen LogP contribution in [0.5, 0.6) is 5.75 Å². The van der Waals surface area contributed by atoms with E-state index >= 15 is 0 Å². The highest BCUT2D eigenvalue weighted by molar-refractivity contribution is 8.00. The van der Waals surface area contributed by atoms with Crippen LogP contribution in [0.15, 0.2) is 144 Å². The number of non-ortho nitro benzene ring substituents is 1. The number of hydrogen-bond acceptors (Lipinski definition) is 7. The first-order valence-corrected chi connectivity index (χ1v) is 16.2. The number of amides is 3. The summed E-state index contributed by atoms with van der Waals surface area (Å²) < 4.78 is 5.73. The molecule has 3 N–H and O–H groups in total. The molecule has 5 rings (SSSR count). The molecule has 0 fully saturated rings. The van der Waals surface area contributed by atoms with Crippen LogP contribution in [-0.2, 0) is 9.59 Å². The summed E-state index contributed by atoms with van der Waals surface area (Å²) in [6, 6.07) is 37.6. The highest BCUT2D eigenvalue weighted by Crippen LogP contribution is 2.37. The minimum absolute atomic E-state index is 0.00343. The number of ether oxygens (including phenoxy) is 1. The van der Waals surface area contributed by atoms with Gasteiger partial charge in [-0.2, -0.15) is 0 Å². The van der Waals surface area contributed by atoms with E-state index in [0.717, 1.165) is 5.56 Å². The molecule has 10 nitrogen and oxygen atoms in total. The number of carbonyl (C=O) groups excluding carboxylic acids is 3. The van der Waals surface area contributed by atoms with Crippen LogP contribution in [0.2, 0.25) is 0 Å². The summed E-state index contributed by atoms with van der Waals surface area (Å²) >= 11 is 1.27. The van der Waals surface area contributed by atoms with Crippen LogP contribution >= 0.6 is 11.8 Å². The van der Waals surface area contributed by atoms with Crippen molar-refractivity contribution in [3.8, 4) is 5.75 Å². The van der Waals surface area contributed by atoms with E-state index in [1.807, 2.05) is 55.5 Å². The van der Waals surface area contributed by atoms with Crippen LogP contribution in [0, 0.1) is 10.1 Å². The summed E-state index contributed by atoms with van der Waals surface area (Å²) in [4.78, 5) is 51.7. The zero-order valence-electron chi connectivity index (χ0n) is 26.4. The van der Waals surface area contributed by atoms with Gasteiger partial charge < -0.3 is 20.7 Å². The Bertz CT molecular complexity index is 1970. The van der Waals surface area contributed by atoms with Crippen molar-refractivity contribution < 1.29 is 24.0 Å². The lowest BCUT2D eigenvalue weighted by atomic mass is 10.1. The van der Waals surface area contributed by atoms with Gasteiger partial charge in [-0.15, -0.1) is 11.8 Å². The Hall–Kier alpha value is -6.20. The Morgan fingerprint density at radius 2 is 1.47 bits per heavy atom. The fourth-order valence-corrected chi connectivity index (χ4v) is 5.82. The summed E-state index contributed by atoms with van der Waals surface area (Å²) in [6.45, 7) is 2.28. The lowest BCUT2D eigenvalue weighted by molar-refractivity contribution is -0.384. The minimum Gasteiger partial charge on any atom is -0.493 e. The number of nitro benzene ring substituents is 1. The lowest BCUT2D eigenvalue weighted by Gasteiger charge is -2.18. The molecule has 5 aromatic carbocycles. The van der Waals surface area contributed by atoms with Crippen molar-refractivity contribution >= 4 is 52.6 Å². The molecule has 246 valence electrons. The fraction of sp³-hybridized carbons (Fsp3) is 0.0789. The fourth-order valence-electron chi connectivity index (χ4n) is 4.74. The standard InChI is InChI=1S/C38H32N4O6S/c1-2-48-34-19-10-9-16-28(34)24-33(41-36(43)27-14-7-4-8-15-27)37(44)40-30-17-11-18-32(25-30)49-35(26-12-5-3-6-13-26)38(45)39-29-20-22-31(23-21-29)42(46)47/h3-25,35H,2H2,1H3,(H,39,45)(H,40,44)(H,41,43)/b33-24+. The molecule has 0 heterocycles. The summed E-state index contributed by atoms with van der Waals surface area (Å²) in [5.41, 5.74) is 2.51. The second-order valence-electron chi connectivity index (χ2n) is 10.5. The zero-order valence-corrected chi connectivity index (χ0v) is 27.2. The number of nitrogens with one attached hydrogen (secondary N) is 3. The highest BCUT2D eigenvalue weighted by atomic mass is 32.2. The maximum absolute atomic E-state index is 13.7. The van der Waals surface area contributed by atoms with Crippen LogP contribution in [-0.4, -0.2) is 29.3 Å². The molecule has 5 aromatic rings. The van der Waals surface area contributed by atoms with Gasteiger partial charge >= 0.3 is 0 Å². The number of nitro groups is 1. The maximum atomic E-state index is 13.7. The number of nitrogens with zero attached hydrogens (tertiary/aromatic N) is 1. The van der Waals surface area contributed by atoms with Gasteiger partial charge in [0.05, 0.1) is 11.5 Å². The third-order valence-electron chi connectivity index (χ3n) is 7.08. The number of thioether (sulfide) groups is 1. The van der Waals surface area contributed by atoms with E-state index < -0.39 is 22.0 Å². The number of para-hydroxylation sites is 1. The molecule has 0 aliphatic rings. The van der Waals surface area contributed by atoms with Crippen LogP contribution in [0.1, 0.15) is 33.7 Å². The molecule has 0 aromatic heterocycles. The van der Waals surface area contributed by atoms with Crippen molar-refractivity contribution in [2.24, 2.45) is 0 Å².